The van der Waals surface area contributed by atoms with Gasteiger partial charge in [0.15, 0.2) is 0 Å². The molecule has 1 atom stereocenters. The molecule has 2 heterocycles. The average molecular weight is 286 g/mol. The fraction of sp³-hybridized carbons (Fsp3) is 0.231. The van der Waals surface area contributed by atoms with E-state index >= 15 is 0 Å². The number of benzene rings is 1. The van der Waals surface area contributed by atoms with Crippen molar-refractivity contribution < 1.29 is 0 Å². The van der Waals surface area contributed by atoms with Gasteiger partial charge in [-0.3, -0.25) is 4.68 Å². The van der Waals surface area contributed by atoms with Crippen LogP contribution in [-0.2, 0) is 6.54 Å². The normalized spacial score (nSPS) is 12.2. The molecule has 102 valence electrons. The van der Waals surface area contributed by atoms with Crippen molar-refractivity contribution >= 4 is 16.5 Å². The zero-order valence-electron chi connectivity index (χ0n) is 11.0. The lowest BCUT2D eigenvalue weighted by Gasteiger charge is -2.11. The van der Waals surface area contributed by atoms with Crippen molar-refractivity contribution in [1.29, 1.82) is 0 Å². The molecule has 2 aromatic heterocycles. The number of nitrogens with one attached hydrogen (secondary N) is 1. The van der Waals surface area contributed by atoms with E-state index in [1.165, 1.54) is 6.33 Å². The molecule has 0 aliphatic carbocycles. The summed E-state index contributed by atoms with van der Waals surface area (Å²) < 4.78 is 1.79. The van der Waals surface area contributed by atoms with E-state index in [2.05, 4.69) is 32.5 Å². The van der Waals surface area contributed by atoms with E-state index in [0.717, 1.165) is 22.2 Å². The Hall–Kier alpha value is -2.28. The summed E-state index contributed by atoms with van der Waals surface area (Å²) in [7, 11) is 0. The van der Waals surface area contributed by atoms with Gasteiger partial charge in [0, 0.05) is 11.6 Å². The molecule has 7 heteroatoms. The molecule has 0 aliphatic heterocycles. The van der Waals surface area contributed by atoms with Crippen molar-refractivity contribution in [2.75, 3.05) is 5.32 Å². The van der Waals surface area contributed by atoms with Crippen molar-refractivity contribution in [3.63, 3.8) is 0 Å². The smallest absolute Gasteiger partial charge is 0.206 e. The molecule has 6 nitrogen and oxygen atoms in total. The van der Waals surface area contributed by atoms with Gasteiger partial charge in [-0.25, -0.2) is 4.98 Å². The van der Waals surface area contributed by atoms with Crippen molar-refractivity contribution in [3.05, 3.63) is 43.0 Å². The number of nitrogens with zero attached hydrogens (tertiary/aromatic N) is 5. The molecule has 0 unspecified atom stereocenters. The molecule has 3 rings (SSSR count). The van der Waals surface area contributed by atoms with Crippen LogP contribution in [0, 0.1) is 0 Å². The van der Waals surface area contributed by atoms with E-state index in [-0.39, 0.29) is 6.04 Å². The number of aromatic nitrogens is 5. The highest BCUT2D eigenvalue weighted by molar-refractivity contribution is 7.18. The standard InChI is InChI=1S/C13H14N6S/c1-10(7-19-9-14-8-15-19)16-13-18-17-12(20-13)11-5-3-2-4-6-11/h2-6,8-10H,7H2,1H3,(H,16,18)/t10-/m0/s1. The maximum atomic E-state index is 4.21. The van der Waals surface area contributed by atoms with E-state index < -0.39 is 0 Å². The minimum absolute atomic E-state index is 0.202. The molecule has 0 saturated heterocycles. The summed E-state index contributed by atoms with van der Waals surface area (Å²) in [5.74, 6) is 0. The molecular formula is C13H14N6S. The van der Waals surface area contributed by atoms with Crippen LogP contribution in [0.1, 0.15) is 6.92 Å². The summed E-state index contributed by atoms with van der Waals surface area (Å²) in [6, 6.07) is 10.2. The summed E-state index contributed by atoms with van der Waals surface area (Å²) >= 11 is 1.55. The molecule has 0 spiro atoms. The van der Waals surface area contributed by atoms with Crippen LogP contribution in [0.25, 0.3) is 10.6 Å². The summed E-state index contributed by atoms with van der Waals surface area (Å²) in [5.41, 5.74) is 1.09. The minimum atomic E-state index is 0.202. The van der Waals surface area contributed by atoms with Gasteiger partial charge in [0.2, 0.25) is 5.13 Å². The predicted molar refractivity (Wildman–Crippen MR) is 78.5 cm³/mol. The molecule has 3 aromatic rings. The van der Waals surface area contributed by atoms with Crippen LogP contribution in [0.4, 0.5) is 5.13 Å². The monoisotopic (exact) mass is 286 g/mol. The summed E-state index contributed by atoms with van der Waals surface area (Å²) in [6.07, 6.45) is 3.23. The van der Waals surface area contributed by atoms with Gasteiger partial charge in [-0.1, -0.05) is 41.7 Å². The lowest BCUT2D eigenvalue weighted by atomic mass is 10.2. The van der Waals surface area contributed by atoms with Crippen LogP contribution < -0.4 is 5.32 Å². The highest BCUT2D eigenvalue weighted by atomic mass is 32.1. The molecule has 0 fully saturated rings. The first-order chi connectivity index (χ1) is 9.81. The second-order valence-corrected chi connectivity index (χ2v) is 5.42. The Balaban J connectivity index is 1.65. The fourth-order valence-corrected chi connectivity index (χ4v) is 2.70. The van der Waals surface area contributed by atoms with Gasteiger partial charge in [-0.15, -0.1) is 10.2 Å². The predicted octanol–water partition coefficient (Wildman–Crippen LogP) is 2.30. The summed E-state index contributed by atoms with van der Waals surface area (Å²) in [6.45, 7) is 2.81. The van der Waals surface area contributed by atoms with Crippen LogP contribution in [0.15, 0.2) is 43.0 Å². The topological polar surface area (TPSA) is 68.5 Å². The Morgan fingerprint density at radius 3 is 2.85 bits per heavy atom. The van der Waals surface area contributed by atoms with Crippen LogP contribution in [0.5, 0.6) is 0 Å². The minimum Gasteiger partial charge on any atom is -0.356 e. The van der Waals surface area contributed by atoms with Crippen molar-refractivity contribution in [3.8, 4) is 10.6 Å². The molecule has 1 N–H and O–H groups in total. The quantitative estimate of drug-likeness (QED) is 0.779. The van der Waals surface area contributed by atoms with E-state index in [9.17, 15) is 0 Å². The van der Waals surface area contributed by atoms with E-state index in [0.29, 0.717) is 0 Å². The van der Waals surface area contributed by atoms with Crippen LogP contribution >= 0.6 is 11.3 Å². The fourth-order valence-electron chi connectivity index (χ4n) is 1.84. The van der Waals surface area contributed by atoms with Gasteiger partial charge >= 0.3 is 0 Å². The van der Waals surface area contributed by atoms with Crippen LogP contribution in [0.3, 0.4) is 0 Å². The third-order valence-electron chi connectivity index (χ3n) is 2.74. The van der Waals surface area contributed by atoms with Gasteiger partial charge < -0.3 is 5.32 Å². The molecule has 0 amide bonds. The molecule has 0 saturated carbocycles. The van der Waals surface area contributed by atoms with Gasteiger partial charge in [-0.05, 0) is 6.92 Å². The van der Waals surface area contributed by atoms with Gasteiger partial charge in [0.25, 0.3) is 0 Å². The highest BCUT2D eigenvalue weighted by Crippen LogP contribution is 2.26. The second kappa shape index (κ2) is 5.79. The van der Waals surface area contributed by atoms with Crippen LogP contribution in [0.2, 0.25) is 0 Å². The molecule has 0 radical (unpaired) electrons. The van der Waals surface area contributed by atoms with E-state index in [1.807, 2.05) is 30.3 Å². The van der Waals surface area contributed by atoms with Gasteiger partial charge in [0.1, 0.15) is 17.7 Å². The second-order valence-electron chi connectivity index (χ2n) is 4.44. The third kappa shape index (κ3) is 3.00. The average Bonchev–Trinajstić information content (AvgIpc) is 3.11. The maximum Gasteiger partial charge on any atom is 0.206 e. The Morgan fingerprint density at radius 2 is 2.10 bits per heavy atom. The zero-order chi connectivity index (χ0) is 13.8. The molecule has 0 aliphatic rings. The number of rotatable bonds is 5. The van der Waals surface area contributed by atoms with Crippen molar-refractivity contribution in [2.45, 2.75) is 19.5 Å². The molecular weight excluding hydrogens is 272 g/mol. The van der Waals surface area contributed by atoms with Crippen LogP contribution in [-0.4, -0.2) is 31.0 Å². The van der Waals surface area contributed by atoms with Crippen molar-refractivity contribution in [2.24, 2.45) is 0 Å². The first-order valence-electron chi connectivity index (χ1n) is 6.29. The summed E-state index contributed by atoms with van der Waals surface area (Å²) in [4.78, 5) is 3.92. The Labute approximate surface area is 120 Å². The first kappa shape index (κ1) is 12.7. The van der Waals surface area contributed by atoms with E-state index in [1.54, 1.807) is 22.3 Å². The number of hydrogen-bond donors (Lipinski definition) is 1. The molecule has 0 bridgehead atoms. The molecule has 20 heavy (non-hydrogen) atoms. The molecule has 1 aromatic carbocycles. The van der Waals surface area contributed by atoms with Gasteiger partial charge in [0.05, 0.1) is 6.54 Å². The van der Waals surface area contributed by atoms with Crippen molar-refractivity contribution in [1.82, 2.24) is 25.0 Å². The SMILES string of the molecule is C[C@@H](Cn1cncn1)Nc1nnc(-c2ccccc2)s1. The highest BCUT2D eigenvalue weighted by Gasteiger charge is 2.09. The largest absolute Gasteiger partial charge is 0.356 e. The Bertz CT molecular complexity index is 649. The lowest BCUT2D eigenvalue weighted by Crippen LogP contribution is -2.22. The first-order valence-corrected chi connectivity index (χ1v) is 7.11. The number of hydrogen-bond acceptors (Lipinski definition) is 6. The zero-order valence-corrected chi connectivity index (χ0v) is 11.8. The Kier molecular flexibility index (Phi) is 3.69. The Morgan fingerprint density at radius 1 is 1.25 bits per heavy atom. The number of anilines is 1. The van der Waals surface area contributed by atoms with Gasteiger partial charge in [-0.2, -0.15) is 5.10 Å². The maximum absolute atomic E-state index is 4.21. The van der Waals surface area contributed by atoms with E-state index in [4.69, 9.17) is 0 Å². The summed E-state index contributed by atoms with van der Waals surface area (Å²) in [5, 5.41) is 17.5. The third-order valence-corrected chi connectivity index (χ3v) is 3.65. The lowest BCUT2D eigenvalue weighted by molar-refractivity contribution is 0.559.